The van der Waals surface area contributed by atoms with E-state index in [9.17, 15) is 14.0 Å². The van der Waals surface area contributed by atoms with E-state index >= 15 is 0 Å². The zero-order valence-corrected chi connectivity index (χ0v) is 16.7. The summed E-state index contributed by atoms with van der Waals surface area (Å²) < 4.78 is 14.1. The molecule has 6 nitrogen and oxygen atoms in total. The van der Waals surface area contributed by atoms with Crippen LogP contribution in [0.1, 0.15) is 23.2 Å². The van der Waals surface area contributed by atoms with E-state index < -0.39 is 11.9 Å². The van der Waals surface area contributed by atoms with Crippen molar-refractivity contribution in [3.63, 3.8) is 0 Å². The van der Waals surface area contributed by atoms with E-state index in [0.717, 1.165) is 16.6 Å². The van der Waals surface area contributed by atoms with Crippen LogP contribution in [0.25, 0.3) is 22.0 Å². The molecule has 1 fully saturated rings. The second-order valence-electron chi connectivity index (χ2n) is 7.28. The maximum absolute atomic E-state index is 14.1. The molecule has 1 aliphatic rings. The van der Waals surface area contributed by atoms with E-state index in [1.165, 1.54) is 12.1 Å². The third kappa shape index (κ3) is 4.07. The molecule has 0 saturated carbocycles. The normalized spacial score (nSPS) is 14.7. The number of halogens is 2. The fraction of sp³-hybridized carbons (Fsp3) is 0.227. The summed E-state index contributed by atoms with van der Waals surface area (Å²) in [5.41, 5.74) is 3.07. The van der Waals surface area contributed by atoms with E-state index in [4.69, 9.17) is 16.7 Å². The number of carboxylic acid groups (broad SMARTS) is 1. The van der Waals surface area contributed by atoms with Crippen LogP contribution in [0, 0.1) is 5.82 Å². The minimum Gasteiger partial charge on any atom is -0.465 e. The maximum atomic E-state index is 14.1. The molecule has 1 saturated heterocycles. The van der Waals surface area contributed by atoms with Gasteiger partial charge in [-0.15, -0.1) is 0 Å². The highest BCUT2D eigenvalue weighted by atomic mass is 35.5. The largest absolute Gasteiger partial charge is 0.465 e. The SMILES string of the molecule is O=Cc1cc(F)cc(-c2cnc3ccc(Cl)cc3c2N2CCC(NC(=O)O)CC2)c1. The van der Waals surface area contributed by atoms with Crippen LogP contribution in [-0.2, 0) is 0 Å². The number of aromatic nitrogens is 1. The highest BCUT2D eigenvalue weighted by Crippen LogP contribution is 2.39. The van der Waals surface area contributed by atoms with Crippen molar-refractivity contribution in [3.05, 3.63) is 59.0 Å². The number of piperidine rings is 1. The van der Waals surface area contributed by atoms with Crippen LogP contribution in [-0.4, -0.2) is 41.6 Å². The van der Waals surface area contributed by atoms with Crippen LogP contribution >= 0.6 is 11.6 Å². The smallest absolute Gasteiger partial charge is 0.404 e. The van der Waals surface area contributed by atoms with Gasteiger partial charge in [-0.25, -0.2) is 9.18 Å². The number of fused-ring (bicyclic) bond motifs is 1. The number of nitrogens with one attached hydrogen (secondary N) is 1. The Labute approximate surface area is 177 Å². The molecule has 0 spiro atoms. The molecule has 8 heteroatoms. The Hall–Kier alpha value is -3.19. The lowest BCUT2D eigenvalue weighted by atomic mass is 9.97. The van der Waals surface area contributed by atoms with Gasteiger partial charge in [0.1, 0.15) is 12.1 Å². The van der Waals surface area contributed by atoms with E-state index in [-0.39, 0.29) is 11.6 Å². The number of hydrogen-bond acceptors (Lipinski definition) is 4. The molecule has 0 aliphatic carbocycles. The number of pyridine rings is 1. The van der Waals surface area contributed by atoms with Crippen LogP contribution in [0.4, 0.5) is 14.9 Å². The number of hydrogen-bond donors (Lipinski definition) is 2. The number of benzene rings is 2. The molecule has 1 aliphatic heterocycles. The third-order valence-electron chi connectivity index (χ3n) is 5.31. The Morgan fingerprint density at radius 1 is 1.23 bits per heavy atom. The topological polar surface area (TPSA) is 82.5 Å². The molecule has 0 unspecified atom stereocenters. The number of rotatable bonds is 4. The summed E-state index contributed by atoms with van der Waals surface area (Å²) >= 11 is 6.25. The molecule has 4 rings (SSSR count). The molecule has 1 aromatic heterocycles. The van der Waals surface area contributed by atoms with Gasteiger partial charge in [0.05, 0.1) is 11.2 Å². The second kappa shape index (κ2) is 8.28. The summed E-state index contributed by atoms with van der Waals surface area (Å²) in [4.78, 5) is 28.8. The first-order valence-corrected chi connectivity index (χ1v) is 9.91. The maximum Gasteiger partial charge on any atom is 0.404 e. The summed E-state index contributed by atoms with van der Waals surface area (Å²) in [6.45, 7) is 1.22. The van der Waals surface area contributed by atoms with Crippen LogP contribution in [0.3, 0.4) is 0 Å². The molecule has 154 valence electrons. The number of anilines is 1. The van der Waals surface area contributed by atoms with Gasteiger partial charge in [-0.2, -0.15) is 0 Å². The monoisotopic (exact) mass is 427 g/mol. The lowest BCUT2D eigenvalue weighted by Crippen LogP contribution is -2.44. The van der Waals surface area contributed by atoms with Crippen molar-refractivity contribution in [2.45, 2.75) is 18.9 Å². The summed E-state index contributed by atoms with van der Waals surface area (Å²) in [6.07, 6.45) is 2.53. The van der Waals surface area contributed by atoms with Crippen molar-refractivity contribution in [1.29, 1.82) is 0 Å². The van der Waals surface area contributed by atoms with E-state index in [0.29, 0.717) is 48.4 Å². The average Bonchev–Trinajstić information content (AvgIpc) is 2.72. The first-order chi connectivity index (χ1) is 14.4. The molecule has 3 aromatic rings. The molecule has 0 atom stereocenters. The quantitative estimate of drug-likeness (QED) is 0.587. The fourth-order valence-electron chi connectivity index (χ4n) is 3.96. The standard InChI is InChI=1S/C22H19ClFN3O3/c23-15-1-2-20-18(10-15)21(27-5-3-17(4-6-27)26-22(29)30)19(11-25-20)14-7-13(12-28)8-16(24)9-14/h1-2,7-12,17,26H,3-6H2,(H,29,30). The van der Waals surface area contributed by atoms with Gasteiger partial charge in [-0.05, 0) is 54.8 Å². The van der Waals surface area contributed by atoms with Crippen LogP contribution in [0.5, 0.6) is 0 Å². The van der Waals surface area contributed by atoms with Gasteiger partial charge in [-0.3, -0.25) is 9.78 Å². The Bertz CT molecular complexity index is 1130. The first kappa shape index (κ1) is 20.1. The number of carbonyl (C=O) groups is 2. The zero-order valence-electron chi connectivity index (χ0n) is 15.9. The van der Waals surface area contributed by atoms with Crippen LogP contribution in [0.15, 0.2) is 42.6 Å². The van der Waals surface area contributed by atoms with Crippen molar-refractivity contribution in [2.24, 2.45) is 0 Å². The lowest BCUT2D eigenvalue weighted by molar-refractivity contribution is 0.112. The molecular weight excluding hydrogens is 409 g/mol. The summed E-state index contributed by atoms with van der Waals surface area (Å²) in [7, 11) is 0. The minimum absolute atomic E-state index is 0.116. The Kier molecular flexibility index (Phi) is 5.55. The van der Waals surface area contributed by atoms with E-state index in [2.05, 4.69) is 15.2 Å². The minimum atomic E-state index is -1.03. The number of carbonyl (C=O) groups excluding carboxylic acids is 1. The van der Waals surface area contributed by atoms with Gasteiger partial charge in [0.15, 0.2) is 0 Å². The summed E-state index contributed by atoms with van der Waals surface area (Å²) in [5.74, 6) is -0.504. The molecule has 0 bridgehead atoms. The molecule has 2 N–H and O–H groups in total. The fourth-order valence-corrected chi connectivity index (χ4v) is 4.13. The number of nitrogens with zero attached hydrogens (tertiary/aromatic N) is 2. The summed E-state index contributed by atoms with van der Waals surface area (Å²) in [6, 6.07) is 9.49. The molecular formula is C22H19ClFN3O3. The molecule has 0 radical (unpaired) electrons. The number of aldehydes is 1. The van der Waals surface area contributed by atoms with Gasteiger partial charge >= 0.3 is 6.09 Å². The predicted molar refractivity (Wildman–Crippen MR) is 114 cm³/mol. The Morgan fingerprint density at radius 3 is 2.70 bits per heavy atom. The highest BCUT2D eigenvalue weighted by Gasteiger charge is 2.25. The zero-order chi connectivity index (χ0) is 21.3. The second-order valence-corrected chi connectivity index (χ2v) is 7.72. The van der Waals surface area contributed by atoms with Crippen molar-refractivity contribution in [3.8, 4) is 11.1 Å². The van der Waals surface area contributed by atoms with Crippen molar-refractivity contribution in [2.75, 3.05) is 18.0 Å². The molecule has 30 heavy (non-hydrogen) atoms. The van der Waals surface area contributed by atoms with E-state index in [1.54, 1.807) is 18.3 Å². The van der Waals surface area contributed by atoms with Gasteiger partial charge in [0.25, 0.3) is 0 Å². The average molecular weight is 428 g/mol. The van der Waals surface area contributed by atoms with E-state index in [1.807, 2.05) is 12.1 Å². The highest BCUT2D eigenvalue weighted by molar-refractivity contribution is 6.31. The predicted octanol–water partition coefficient (Wildman–Crippen LogP) is 4.74. The lowest BCUT2D eigenvalue weighted by Gasteiger charge is -2.35. The van der Waals surface area contributed by atoms with Gasteiger partial charge in [0, 0.05) is 46.9 Å². The molecule has 2 aromatic carbocycles. The Balaban J connectivity index is 1.83. The summed E-state index contributed by atoms with van der Waals surface area (Å²) in [5, 5.41) is 12.9. The molecule has 2 heterocycles. The Morgan fingerprint density at radius 2 is 2.00 bits per heavy atom. The van der Waals surface area contributed by atoms with Gasteiger partial charge in [-0.1, -0.05) is 11.6 Å². The van der Waals surface area contributed by atoms with Crippen molar-refractivity contribution >= 4 is 40.6 Å². The van der Waals surface area contributed by atoms with Crippen molar-refractivity contribution < 1.29 is 19.1 Å². The van der Waals surface area contributed by atoms with Crippen molar-refractivity contribution in [1.82, 2.24) is 10.3 Å². The molecule has 1 amide bonds. The van der Waals surface area contributed by atoms with Crippen LogP contribution < -0.4 is 10.2 Å². The van der Waals surface area contributed by atoms with Crippen LogP contribution in [0.2, 0.25) is 5.02 Å². The first-order valence-electron chi connectivity index (χ1n) is 9.53. The van der Waals surface area contributed by atoms with Gasteiger partial charge in [0.2, 0.25) is 0 Å². The van der Waals surface area contributed by atoms with Gasteiger partial charge < -0.3 is 15.3 Å². The number of amides is 1. The third-order valence-corrected chi connectivity index (χ3v) is 5.54.